The SMILES string of the molecule is CCCNc1nccc(N(C)C(C)CC)n1. The minimum Gasteiger partial charge on any atom is -0.357 e. The van der Waals surface area contributed by atoms with E-state index in [0.717, 1.165) is 31.2 Å². The molecule has 1 aromatic heterocycles. The maximum Gasteiger partial charge on any atom is 0.224 e. The molecule has 1 N–H and O–H groups in total. The average Bonchev–Trinajstić information content (AvgIpc) is 2.34. The number of hydrogen-bond donors (Lipinski definition) is 1. The Morgan fingerprint density at radius 2 is 2.19 bits per heavy atom. The van der Waals surface area contributed by atoms with E-state index in [-0.39, 0.29) is 0 Å². The Bertz CT molecular complexity index is 314. The fourth-order valence-electron chi connectivity index (χ4n) is 1.37. The molecule has 1 atom stereocenters. The molecule has 1 heterocycles. The van der Waals surface area contributed by atoms with Crippen LogP contribution in [0.5, 0.6) is 0 Å². The molecule has 0 amide bonds. The van der Waals surface area contributed by atoms with E-state index in [1.54, 1.807) is 6.20 Å². The highest BCUT2D eigenvalue weighted by atomic mass is 15.2. The zero-order valence-electron chi connectivity index (χ0n) is 10.7. The third-order valence-electron chi connectivity index (χ3n) is 2.79. The first-order chi connectivity index (χ1) is 7.69. The van der Waals surface area contributed by atoms with Crippen molar-refractivity contribution >= 4 is 11.8 Å². The number of nitrogens with one attached hydrogen (secondary N) is 1. The van der Waals surface area contributed by atoms with Crippen LogP contribution < -0.4 is 10.2 Å². The first-order valence-electron chi connectivity index (χ1n) is 5.98. The molecule has 1 rings (SSSR count). The zero-order chi connectivity index (χ0) is 12.0. The molecule has 1 unspecified atom stereocenters. The summed E-state index contributed by atoms with van der Waals surface area (Å²) in [5.41, 5.74) is 0. The van der Waals surface area contributed by atoms with Crippen molar-refractivity contribution < 1.29 is 0 Å². The summed E-state index contributed by atoms with van der Waals surface area (Å²) in [5.74, 6) is 1.69. The molecule has 0 aliphatic carbocycles. The molecule has 4 heteroatoms. The van der Waals surface area contributed by atoms with Crippen molar-refractivity contribution in [2.45, 2.75) is 39.7 Å². The van der Waals surface area contributed by atoms with Crippen LogP contribution in [0.2, 0.25) is 0 Å². The lowest BCUT2D eigenvalue weighted by Gasteiger charge is -2.24. The van der Waals surface area contributed by atoms with Crippen molar-refractivity contribution in [2.24, 2.45) is 0 Å². The lowest BCUT2D eigenvalue weighted by Crippen LogP contribution is -2.29. The standard InChI is InChI=1S/C12H22N4/c1-5-8-13-12-14-9-7-11(15-12)16(4)10(3)6-2/h7,9-10H,5-6,8H2,1-4H3,(H,13,14,15). The van der Waals surface area contributed by atoms with Gasteiger partial charge in [0.15, 0.2) is 0 Å². The van der Waals surface area contributed by atoms with Crippen LogP contribution in [0.3, 0.4) is 0 Å². The lowest BCUT2D eigenvalue weighted by molar-refractivity contribution is 0.656. The summed E-state index contributed by atoms with van der Waals surface area (Å²) in [6, 6.07) is 2.44. The van der Waals surface area contributed by atoms with E-state index in [2.05, 4.69) is 48.0 Å². The van der Waals surface area contributed by atoms with Crippen LogP contribution in [0, 0.1) is 0 Å². The molecule has 1 aromatic rings. The largest absolute Gasteiger partial charge is 0.357 e. The maximum absolute atomic E-state index is 4.48. The predicted octanol–water partition coefficient (Wildman–Crippen LogP) is 2.53. The van der Waals surface area contributed by atoms with Gasteiger partial charge in [-0.15, -0.1) is 0 Å². The van der Waals surface area contributed by atoms with E-state index >= 15 is 0 Å². The number of hydrogen-bond acceptors (Lipinski definition) is 4. The van der Waals surface area contributed by atoms with Gasteiger partial charge in [-0.2, -0.15) is 4.98 Å². The van der Waals surface area contributed by atoms with Crippen molar-refractivity contribution in [1.82, 2.24) is 9.97 Å². The molecule has 0 saturated heterocycles. The lowest BCUT2D eigenvalue weighted by atomic mass is 10.2. The average molecular weight is 222 g/mol. The first-order valence-corrected chi connectivity index (χ1v) is 5.98. The predicted molar refractivity (Wildman–Crippen MR) is 69.0 cm³/mol. The molecule has 16 heavy (non-hydrogen) atoms. The van der Waals surface area contributed by atoms with Gasteiger partial charge in [-0.25, -0.2) is 4.98 Å². The van der Waals surface area contributed by atoms with Gasteiger partial charge in [0.05, 0.1) is 0 Å². The topological polar surface area (TPSA) is 41.1 Å². The Morgan fingerprint density at radius 3 is 2.81 bits per heavy atom. The Kier molecular flexibility index (Phi) is 5.02. The number of anilines is 2. The van der Waals surface area contributed by atoms with E-state index in [0.29, 0.717) is 6.04 Å². The molecule has 0 aromatic carbocycles. The second-order valence-electron chi connectivity index (χ2n) is 4.03. The van der Waals surface area contributed by atoms with Crippen molar-refractivity contribution in [2.75, 3.05) is 23.8 Å². The van der Waals surface area contributed by atoms with Crippen molar-refractivity contribution in [1.29, 1.82) is 0 Å². The molecule has 0 fully saturated rings. The number of nitrogens with zero attached hydrogens (tertiary/aromatic N) is 3. The smallest absolute Gasteiger partial charge is 0.224 e. The third kappa shape index (κ3) is 3.36. The molecule has 0 spiro atoms. The molecule has 4 nitrogen and oxygen atoms in total. The summed E-state index contributed by atoms with van der Waals surface area (Å²) in [6.45, 7) is 7.42. The quantitative estimate of drug-likeness (QED) is 0.803. The summed E-state index contributed by atoms with van der Waals surface area (Å²) in [4.78, 5) is 10.9. The van der Waals surface area contributed by atoms with Gasteiger partial charge in [-0.1, -0.05) is 13.8 Å². The second kappa shape index (κ2) is 6.30. The molecule has 0 aliphatic rings. The van der Waals surface area contributed by atoms with Gasteiger partial charge >= 0.3 is 0 Å². The fourth-order valence-corrected chi connectivity index (χ4v) is 1.37. The minimum atomic E-state index is 0.494. The summed E-state index contributed by atoms with van der Waals surface area (Å²) in [5, 5.41) is 3.20. The monoisotopic (exact) mass is 222 g/mol. The molecule has 90 valence electrons. The van der Waals surface area contributed by atoms with Crippen molar-refractivity contribution in [3.8, 4) is 0 Å². The Labute approximate surface area is 98.1 Å². The summed E-state index contributed by atoms with van der Waals surface area (Å²) in [7, 11) is 2.07. The minimum absolute atomic E-state index is 0.494. The Balaban J connectivity index is 2.73. The Morgan fingerprint density at radius 1 is 1.44 bits per heavy atom. The van der Waals surface area contributed by atoms with E-state index in [4.69, 9.17) is 0 Å². The van der Waals surface area contributed by atoms with Gasteiger partial charge in [-0.05, 0) is 25.8 Å². The van der Waals surface area contributed by atoms with E-state index in [1.165, 1.54) is 0 Å². The van der Waals surface area contributed by atoms with Gasteiger partial charge in [0.25, 0.3) is 0 Å². The molecule has 0 radical (unpaired) electrons. The van der Waals surface area contributed by atoms with Crippen molar-refractivity contribution in [3.63, 3.8) is 0 Å². The molecular formula is C12H22N4. The zero-order valence-corrected chi connectivity index (χ0v) is 10.7. The third-order valence-corrected chi connectivity index (χ3v) is 2.79. The molecular weight excluding hydrogens is 200 g/mol. The fraction of sp³-hybridized carbons (Fsp3) is 0.667. The normalized spacial score (nSPS) is 12.2. The molecule has 0 aliphatic heterocycles. The van der Waals surface area contributed by atoms with E-state index in [9.17, 15) is 0 Å². The molecule has 0 bridgehead atoms. The van der Waals surface area contributed by atoms with Crippen molar-refractivity contribution in [3.05, 3.63) is 12.3 Å². The second-order valence-corrected chi connectivity index (χ2v) is 4.03. The highest BCUT2D eigenvalue weighted by molar-refractivity contribution is 5.42. The van der Waals surface area contributed by atoms with Crippen LogP contribution in [0.25, 0.3) is 0 Å². The van der Waals surface area contributed by atoms with E-state index < -0.39 is 0 Å². The van der Waals surface area contributed by atoms with Crippen LogP contribution >= 0.6 is 0 Å². The number of rotatable bonds is 6. The molecule has 0 saturated carbocycles. The summed E-state index contributed by atoms with van der Waals surface area (Å²) in [6.07, 6.45) is 3.99. The highest BCUT2D eigenvalue weighted by Crippen LogP contribution is 2.14. The number of aromatic nitrogens is 2. The highest BCUT2D eigenvalue weighted by Gasteiger charge is 2.09. The first kappa shape index (κ1) is 12.7. The Hall–Kier alpha value is -1.32. The van der Waals surface area contributed by atoms with Crippen LogP contribution in [0.1, 0.15) is 33.6 Å². The van der Waals surface area contributed by atoms with Gasteiger partial charge in [0, 0.05) is 25.8 Å². The van der Waals surface area contributed by atoms with Crippen LogP contribution in [0.15, 0.2) is 12.3 Å². The van der Waals surface area contributed by atoms with Crippen LogP contribution in [0.4, 0.5) is 11.8 Å². The van der Waals surface area contributed by atoms with Gasteiger partial charge in [-0.3, -0.25) is 0 Å². The van der Waals surface area contributed by atoms with E-state index in [1.807, 2.05) is 6.07 Å². The van der Waals surface area contributed by atoms with Gasteiger partial charge in [0.1, 0.15) is 5.82 Å². The van der Waals surface area contributed by atoms with Gasteiger partial charge in [0.2, 0.25) is 5.95 Å². The van der Waals surface area contributed by atoms with Gasteiger partial charge < -0.3 is 10.2 Å². The van der Waals surface area contributed by atoms with Crippen LogP contribution in [-0.4, -0.2) is 29.6 Å². The summed E-state index contributed by atoms with van der Waals surface area (Å²) >= 11 is 0. The van der Waals surface area contributed by atoms with Crippen LogP contribution in [-0.2, 0) is 0 Å². The maximum atomic E-state index is 4.48. The summed E-state index contributed by atoms with van der Waals surface area (Å²) < 4.78 is 0.